The lowest BCUT2D eigenvalue weighted by Gasteiger charge is -2.26. The van der Waals surface area contributed by atoms with Crippen molar-refractivity contribution in [1.29, 1.82) is 0 Å². The normalized spacial score (nSPS) is 16.7. The summed E-state index contributed by atoms with van der Waals surface area (Å²) < 4.78 is 38.7. The van der Waals surface area contributed by atoms with Gasteiger partial charge in [-0.05, 0) is 13.8 Å². The number of nitrogens with zero attached hydrogens (tertiary/aromatic N) is 3. The standard InChI is InChI=1S/C7H11F3N4/c1-3-14-5(12-4-13-14)6(2,11)7(8,9)10/h4H,3,11H2,1-2H3. The number of halogens is 3. The molecule has 80 valence electrons. The number of alkyl halides is 3. The molecular weight excluding hydrogens is 197 g/mol. The second-order valence-corrected chi connectivity index (χ2v) is 3.10. The maximum absolute atomic E-state index is 12.5. The molecule has 0 spiro atoms. The highest BCUT2D eigenvalue weighted by atomic mass is 19.4. The van der Waals surface area contributed by atoms with E-state index in [0.29, 0.717) is 6.54 Å². The molecule has 0 saturated carbocycles. The quantitative estimate of drug-likeness (QED) is 0.789. The summed E-state index contributed by atoms with van der Waals surface area (Å²) in [6.45, 7) is 2.85. The van der Waals surface area contributed by atoms with Gasteiger partial charge in [0.05, 0.1) is 0 Å². The maximum atomic E-state index is 12.5. The largest absolute Gasteiger partial charge is 0.413 e. The average molecular weight is 208 g/mol. The van der Waals surface area contributed by atoms with E-state index in [1.54, 1.807) is 6.92 Å². The van der Waals surface area contributed by atoms with Crippen LogP contribution in [0, 0.1) is 0 Å². The number of hydrogen-bond acceptors (Lipinski definition) is 3. The molecule has 0 aliphatic carbocycles. The molecule has 0 aliphatic heterocycles. The van der Waals surface area contributed by atoms with E-state index < -0.39 is 11.7 Å². The fourth-order valence-electron chi connectivity index (χ4n) is 1.02. The summed E-state index contributed by atoms with van der Waals surface area (Å²) in [5.74, 6) is -0.271. The van der Waals surface area contributed by atoms with Gasteiger partial charge in [-0.2, -0.15) is 18.3 Å². The molecule has 2 N–H and O–H groups in total. The molecule has 1 rings (SSSR count). The van der Waals surface area contributed by atoms with Crippen LogP contribution in [0.2, 0.25) is 0 Å². The molecule has 1 atom stereocenters. The Bertz CT molecular complexity index is 315. The minimum Gasteiger partial charge on any atom is -0.311 e. The Morgan fingerprint density at radius 1 is 1.50 bits per heavy atom. The summed E-state index contributed by atoms with van der Waals surface area (Å²) in [7, 11) is 0. The number of aryl methyl sites for hydroxylation is 1. The summed E-state index contributed by atoms with van der Waals surface area (Å²) in [5.41, 5.74) is 2.73. The van der Waals surface area contributed by atoms with Gasteiger partial charge >= 0.3 is 6.18 Å². The van der Waals surface area contributed by atoms with Crippen molar-refractivity contribution in [3.8, 4) is 0 Å². The lowest BCUT2D eigenvalue weighted by atomic mass is 10.0. The SMILES string of the molecule is CCn1ncnc1C(C)(N)C(F)(F)F. The van der Waals surface area contributed by atoms with Crippen molar-refractivity contribution in [2.45, 2.75) is 32.1 Å². The minimum atomic E-state index is -4.53. The van der Waals surface area contributed by atoms with Crippen molar-refractivity contribution in [3.63, 3.8) is 0 Å². The number of rotatable bonds is 2. The Balaban J connectivity index is 3.16. The molecule has 1 unspecified atom stereocenters. The summed E-state index contributed by atoms with van der Waals surface area (Å²) in [6.07, 6.45) is -3.47. The number of nitrogens with two attached hydrogens (primary N) is 1. The summed E-state index contributed by atoms with van der Waals surface area (Å²) in [4.78, 5) is 3.53. The highest BCUT2D eigenvalue weighted by Crippen LogP contribution is 2.34. The topological polar surface area (TPSA) is 56.7 Å². The fourth-order valence-corrected chi connectivity index (χ4v) is 1.02. The van der Waals surface area contributed by atoms with E-state index in [2.05, 4.69) is 10.1 Å². The molecule has 1 aromatic heterocycles. The van der Waals surface area contributed by atoms with Crippen molar-refractivity contribution in [3.05, 3.63) is 12.2 Å². The van der Waals surface area contributed by atoms with E-state index in [1.807, 2.05) is 0 Å². The zero-order valence-corrected chi connectivity index (χ0v) is 7.84. The summed E-state index contributed by atoms with van der Waals surface area (Å²) >= 11 is 0. The van der Waals surface area contributed by atoms with Crippen LogP contribution in [0.25, 0.3) is 0 Å². The summed E-state index contributed by atoms with van der Waals surface area (Å²) in [5, 5.41) is 3.64. The predicted octanol–water partition coefficient (Wildman–Crippen LogP) is 1.03. The van der Waals surface area contributed by atoms with Crippen molar-refractivity contribution in [2.24, 2.45) is 5.73 Å². The zero-order chi connectivity index (χ0) is 11.0. The van der Waals surface area contributed by atoms with Gasteiger partial charge in [-0.15, -0.1) is 0 Å². The lowest BCUT2D eigenvalue weighted by Crippen LogP contribution is -2.49. The predicted molar refractivity (Wildman–Crippen MR) is 43.3 cm³/mol. The fraction of sp³-hybridized carbons (Fsp3) is 0.714. The third kappa shape index (κ3) is 1.59. The molecular formula is C7H11F3N4. The monoisotopic (exact) mass is 208 g/mol. The van der Waals surface area contributed by atoms with Crippen LogP contribution in [-0.2, 0) is 12.1 Å². The first-order chi connectivity index (χ1) is 6.30. The molecule has 7 heteroatoms. The first kappa shape index (κ1) is 11.0. The minimum absolute atomic E-state index is 0.271. The van der Waals surface area contributed by atoms with Crippen molar-refractivity contribution >= 4 is 0 Å². The van der Waals surface area contributed by atoms with Gasteiger partial charge in [0.15, 0.2) is 11.4 Å². The molecule has 0 aromatic carbocycles. The van der Waals surface area contributed by atoms with Crippen LogP contribution >= 0.6 is 0 Å². The van der Waals surface area contributed by atoms with Gasteiger partial charge in [-0.1, -0.05) is 0 Å². The van der Waals surface area contributed by atoms with E-state index in [1.165, 1.54) is 0 Å². The van der Waals surface area contributed by atoms with E-state index in [-0.39, 0.29) is 5.82 Å². The summed E-state index contributed by atoms with van der Waals surface area (Å²) in [6, 6.07) is 0. The second-order valence-electron chi connectivity index (χ2n) is 3.10. The van der Waals surface area contributed by atoms with Crippen LogP contribution < -0.4 is 5.73 Å². The Hall–Kier alpha value is -1.11. The van der Waals surface area contributed by atoms with Gasteiger partial charge in [0.1, 0.15) is 6.33 Å². The third-order valence-corrected chi connectivity index (χ3v) is 1.97. The van der Waals surface area contributed by atoms with Crippen molar-refractivity contribution in [2.75, 3.05) is 0 Å². The number of aromatic nitrogens is 3. The van der Waals surface area contributed by atoms with Crippen LogP contribution in [-0.4, -0.2) is 20.9 Å². The zero-order valence-electron chi connectivity index (χ0n) is 7.84. The molecule has 1 heterocycles. The Morgan fingerprint density at radius 3 is 2.50 bits per heavy atom. The molecule has 14 heavy (non-hydrogen) atoms. The molecule has 0 aliphatic rings. The van der Waals surface area contributed by atoms with Crippen molar-refractivity contribution < 1.29 is 13.2 Å². The highest BCUT2D eigenvalue weighted by molar-refractivity contribution is 5.06. The van der Waals surface area contributed by atoms with Gasteiger partial charge in [0.2, 0.25) is 0 Å². The van der Waals surface area contributed by atoms with Crippen LogP contribution in [0.15, 0.2) is 6.33 Å². The molecule has 1 aromatic rings. The highest BCUT2D eigenvalue weighted by Gasteiger charge is 2.52. The molecule has 0 fully saturated rings. The Labute approximate surface area is 78.9 Å². The number of hydrogen-bond donors (Lipinski definition) is 1. The van der Waals surface area contributed by atoms with E-state index in [0.717, 1.165) is 17.9 Å². The average Bonchev–Trinajstić information content (AvgIpc) is 2.49. The van der Waals surface area contributed by atoms with Gasteiger partial charge in [0, 0.05) is 6.54 Å². The van der Waals surface area contributed by atoms with Crippen LogP contribution in [0.1, 0.15) is 19.7 Å². The maximum Gasteiger partial charge on any atom is 0.413 e. The van der Waals surface area contributed by atoms with Gasteiger partial charge in [0.25, 0.3) is 0 Å². The van der Waals surface area contributed by atoms with E-state index in [4.69, 9.17) is 5.73 Å². The third-order valence-electron chi connectivity index (χ3n) is 1.97. The first-order valence-electron chi connectivity index (χ1n) is 4.04. The molecule has 4 nitrogen and oxygen atoms in total. The van der Waals surface area contributed by atoms with Gasteiger partial charge in [-0.3, -0.25) is 0 Å². The molecule has 0 bridgehead atoms. The Kier molecular flexibility index (Phi) is 2.53. The smallest absolute Gasteiger partial charge is 0.311 e. The lowest BCUT2D eigenvalue weighted by molar-refractivity contribution is -0.187. The van der Waals surface area contributed by atoms with E-state index >= 15 is 0 Å². The van der Waals surface area contributed by atoms with Crippen LogP contribution in [0.5, 0.6) is 0 Å². The van der Waals surface area contributed by atoms with Gasteiger partial charge < -0.3 is 5.73 Å². The molecule has 0 amide bonds. The Morgan fingerprint density at radius 2 is 2.07 bits per heavy atom. The van der Waals surface area contributed by atoms with E-state index in [9.17, 15) is 13.2 Å². The van der Waals surface area contributed by atoms with Crippen LogP contribution in [0.4, 0.5) is 13.2 Å². The van der Waals surface area contributed by atoms with Crippen molar-refractivity contribution in [1.82, 2.24) is 14.8 Å². The van der Waals surface area contributed by atoms with Crippen LogP contribution in [0.3, 0.4) is 0 Å². The molecule has 0 saturated heterocycles. The van der Waals surface area contributed by atoms with Gasteiger partial charge in [-0.25, -0.2) is 9.67 Å². The molecule has 0 radical (unpaired) electrons. The second kappa shape index (κ2) is 3.23. The first-order valence-corrected chi connectivity index (χ1v) is 4.04.